The highest BCUT2D eigenvalue weighted by Gasteiger charge is 2.43. The maximum atomic E-state index is 10.9. The van der Waals surface area contributed by atoms with Gasteiger partial charge in [0.1, 0.15) is 12.2 Å². The summed E-state index contributed by atoms with van der Waals surface area (Å²) in [4.78, 5) is 10.4. The van der Waals surface area contributed by atoms with Crippen molar-refractivity contribution in [3.05, 3.63) is 34.4 Å². The van der Waals surface area contributed by atoms with Crippen molar-refractivity contribution in [2.75, 3.05) is 14.2 Å². The molecule has 3 atom stereocenters. The Balaban J connectivity index is 2.09. The fourth-order valence-corrected chi connectivity index (χ4v) is 2.17. The molecule has 3 unspecified atom stereocenters. The van der Waals surface area contributed by atoms with Gasteiger partial charge in [0.05, 0.1) is 4.92 Å². The molecule has 0 amide bonds. The number of para-hydroxylation sites is 2. The molecule has 18 heavy (non-hydrogen) atoms. The van der Waals surface area contributed by atoms with Crippen molar-refractivity contribution in [2.24, 2.45) is 0 Å². The highest BCUT2D eigenvalue weighted by Crippen LogP contribution is 2.33. The number of hydrogen-bond donors (Lipinski definition) is 1. The second-order valence-corrected chi connectivity index (χ2v) is 4.21. The summed E-state index contributed by atoms with van der Waals surface area (Å²) in [6, 6.07) is 6.62. The van der Waals surface area contributed by atoms with Crippen LogP contribution in [0.5, 0.6) is 5.75 Å². The third-order valence-electron chi connectivity index (χ3n) is 3.23. The van der Waals surface area contributed by atoms with Gasteiger partial charge < -0.3 is 14.8 Å². The van der Waals surface area contributed by atoms with Gasteiger partial charge in [-0.2, -0.15) is 0 Å². The summed E-state index contributed by atoms with van der Waals surface area (Å²) in [5, 5.41) is 14.0. The van der Waals surface area contributed by atoms with Gasteiger partial charge in [0, 0.05) is 25.6 Å². The van der Waals surface area contributed by atoms with E-state index in [1.54, 1.807) is 25.3 Å². The normalized spacial score (nSPS) is 26.4. The van der Waals surface area contributed by atoms with E-state index in [-0.39, 0.29) is 23.9 Å². The molecule has 6 heteroatoms. The van der Waals surface area contributed by atoms with Crippen LogP contribution in [-0.4, -0.2) is 37.3 Å². The fraction of sp³-hybridized carbons (Fsp3) is 0.500. The molecule has 0 bridgehead atoms. The minimum absolute atomic E-state index is 0.0136. The van der Waals surface area contributed by atoms with E-state index in [4.69, 9.17) is 9.47 Å². The van der Waals surface area contributed by atoms with Gasteiger partial charge in [-0.25, -0.2) is 0 Å². The second kappa shape index (κ2) is 5.32. The number of nitro groups is 1. The lowest BCUT2D eigenvalue weighted by molar-refractivity contribution is -0.386. The number of ether oxygens (including phenoxy) is 2. The Labute approximate surface area is 105 Å². The highest BCUT2D eigenvalue weighted by molar-refractivity contribution is 5.46. The fourth-order valence-electron chi connectivity index (χ4n) is 2.17. The molecular formula is C12H16N2O4. The lowest BCUT2D eigenvalue weighted by Crippen LogP contribution is -2.60. The summed E-state index contributed by atoms with van der Waals surface area (Å²) in [7, 11) is 3.47. The van der Waals surface area contributed by atoms with Gasteiger partial charge in [-0.15, -0.1) is 0 Å². The first-order valence-corrected chi connectivity index (χ1v) is 5.77. The molecule has 0 spiro atoms. The van der Waals surface area contributed by atoms with Crippen LogP contribution in [-0.2, 0) is 4.74 Å². The van der Waals surface area contributed by atoms with Crippen LogP contribution >= 0.6 is 0 Å². The van der Waals surface area contributed by atoms with E-state index in [0.717, 1.165) is 6.42 Å². The molecule has 6 nitrogen and oxygen atoms in total. The van der Waals surface area contributed by atoms with Gasteiger partial charge in [0.2, 0.25) is 0 Å². The quantitative estimate of drug-likeness (QED) is 0.632. The standard InChI is InChI=1S/C12H16N2O4/c1-13-8-7-11(12(8)17-2)18-10-6-4-3-5-9(10)14(15)16/h3-6,8,11-13H,7H2,1-2H3. The minimum Gasteiger partial charge on any atom is -0.481 e. The summed E-state index contributed by atoms with van der Waals surface area (Å²) in [5.41, 5.74) is -0.0136. The van der Waals surface area contributed by atoms with Gasteiger partial charge in [0.25, 0.3) is 0 Å². The highest BCUT2D eigenvalue weighted by atomic mass is 16.6. The monoisotopic (exact) mass is 252 g/mol. The molecule has 2 rings (SSSR count). The largest absolute Gasteiger partial charge is 0.481 e. The van der Waals surface area contributed by atoms with E-state index in [0.29, 0.717) is 5.75 Å². The van der Waals surface area contributed by atoms with Crippen LogP contribution in [0.2, 0.25) is 0 Å². The van der Waals surface area contributed by atoms with Gasteiger partial charge in [0.15, 0.2) is 5.75 Å². The van der Waals surface area contributed by atoms with Crippen molar-refractivity contribution >= 4 is 5.69 Å². The van der Waals surface area contributed by atoms with Crippen LogP contribution in [0.1, 0.15) is 6.42 Å². The van der Waals surface area contributed by atoms with Gasteiger partial charge >= 0.3 is 5.69 Å². The lowest BCUT2D eigenvalue weighted by Gasteiger charge is -2.42. The van der Waals surface area contributed by atoms with Gasteiger partial charge in [-0.05, 0) is 13.1 Å². The predicted octanol–water partition coefficient (Wildman–Crippen LogP) is 1.35. The molecule has 1 aromatic carbocycles. The van der Waals surface area contributed by atoms with Gasteiger partial charge in [-0.1, -0.05) is 12.1 Å². The smallest absolute Gasteiger partial charge is 0.310 e. The zero-order valence-electron chi connectivity index (χ0n) is 10.3. The summed E-state index contributed by atoms with van der Waals surface area (Å²) in [6.07, 6.45) is 0.560. The zero-order chi connectivity index (χ0) is 13.1. The Bertz CT molecular complexity index is 438. The molecule has 1 N–H and O–H groups in total. The Kier molecular flexibility index (Phi) is 3.78. The first-order valence-electron chi connectivity index (χ1n) is 5.77. The molecular weight excluding hydrogens is 236 g/mol. The molecule has 0 aromatic heterocycles. The molecule has 0 saturated heterocycles. The van der Waals surface area contributed by atoms with Crippen LogP contribution in [0, 0.1) is 10.1 Å². The third-order valence-corrected chi connectivity index (χ3v) is 3.23. The van der Waals surface area contributed by atoms with Crippen LogP contribution in [0.4, 0.5) is 5.69 Å². The molecule has 1 aliphatic rings. The Morgan fingerprint density at radius 1 is 1.44 bits per heavy atom. The predicted molar refractivity (Wildman–Crippen MR) is 65.8 cm³/mol. The topological polar surface area (TPSA) is 73.6 Å². The maximum absolute atomic E-state index is 10.9. The number of rotatable bonds is 5. The minimum atomic E-state index is -0.439. The van der Waals surface area contributed by atoms with Crippen molar-refractivity contribution in [1.29, 1.82) is 0 Å². The molecule has 0 radical (unpaired) electrons. The molecule has 1 saturated carbocycles. The summed E-state index contributed by atoms with van der Waals surface area (Å²) in [6.45, 7) is 0. The average Bonchev–Trinajstić information content (AvgIpc) is 2.34. The van der Waals surface area contributed by atoms with Crippen LogP contribution in [0.3, 0.4) is 0 Å². The molecule has 1 aromatic rings. The van der Waals surface area contributed by atoms with E-state index < -0.39 is 4.92 Å². The number of nitro benzene ring substituents is 1. The van der Waals surface area contributed by atoms with Crippen molar-refractivity contribution in [3.63, 3.8) is 0 Å². The molecule has 0 aliphatic heterocycles. The lowest BCUT2D eigenvalue weighted by atomic mass is 9.85. The zero-order valence-corrected chi connectivity index (χ0v) is 10.3. The van der Waals surface area contributed by atoms with E-state index in [1.165, 1.54) is 6.07 Å². The summed E-state index contributed by atoms with van der Waals surface area (Å²) < 4.78 is 11.0. The van der Waals surface area contributed by atoms with Crippen molar-refractivity contribution < 1.29 is 14.4 Å². The molecule has 1 aliphatic carbocycles. The Morgan fingerprint density at radius 3 is 2.78 bits per heavy atom. The first-order chi connectivity index (χ1) is 8.67. The van der Waals surface area contributed by atoms with Crippen molar-refractivity contribution in [2.45, 2.75) is 24.7 Å². The number of benzene rings is 1. The van der Waals surface area contributed by atoms with Crippen LogP contribution in [0.15, 0.2) is 24.3 Å². The average molecular weight is 252 g/mol. The number of hydrogen-bond acceptors (Lipinski definition) is 5. The summed E-state index contributed by atoms with van der Waals surface area (Å²) in [5.74, 6) is 0.295. The maximum Gasteiger partial charge on any atom is 0.310 e. The van der Waals surface area contributed by atoms with E-state index in [2.05, 4.69) is 5.32 Å². The summed E-state index contributed by atoms with van der Waals surface area (Å²) >= 11 is 0. The van der Waals surface area contributed by atoms with Crippen LogP contribution < -0.4 is 10.1 Å². The number of nitrogens with one attached hydrogen (secondary N) is 1. The van der Waals surface area contributed by atoms with Crippen LogP contribution in [0.25, 0.3) is 0 Å². The molecule has 1 fully saturated rings. The molecule has 0 heterocycles. The van der Waals surface area contributed by atoms with Crippen molar-refractivity contribution in [3.8, 4) is 5.75 Å². The van der Waals surface area contributed by atoms with E-state index >= 15 is 0 Å². The van der Waals surface area contributed by atoms with E-state index in [9.17, 15) is 10.1 Å². The SMILES string of the molecule is CNC1CC(Oc2ccccc2[N+](=O)[O-])C1OC. The van der Waals surface area contributed by atoms with E-state index in [1.807, 2.05) is 7.05 Å². The number of likely N-dealkylation sites (N-methyl/N-ethyl adjacent to an activating group) is 1. The number of methoxy groups -OCH3 is 1. The second-order valence-electron chi connectivity index (χ2n) is 4.21. The van der Waals surface area contributed by atoms with Gasteiger partial charge in [-0.3, -0.25) is 10.1 Å². The Morgan fingerprint density at radius 2 is 2.17 bits per heavy atom. The number of nitrogens with zero attached hydrogens (tertiary/aromatic N) is 1. The Hall–Kier alpha value is -1.66. The third kappa shape index (κ3) is 2.30. The molecule has 98 valence electrons. The van der Waals surface area contributed by atoms with Crippen molar-refractivity contribution in [1.82, 2.24) is 5.32 Å². The first kappa shape index (κ1) is 12.8.